The molecule has 192 valence electrons. The predicted molar refractivity (Wildman–Crippen MR) is 125 cm³/mol. The minimum atomic E-state index is -4.48. The molecule has 1 atom stereocenters. The number of halogens is 3. The van der Waals surface area contributed by atoms with Crippen LogP contribution >= 0.6 is 0 Å². The molecule has 2 aromatic carbocycles. The van der Waals surface area contributed by atoms with Gasteiger partial charge in [0.2, 0.25) is 10.0 Å². The normalized spacial score (nSPS) is 16.5. The average molecular weight is 515 g/mol. The topological polar surface area (TPSA) is 76.2 Å². The molecule has 1 aliphatic heterocycles. The number of nitrogens with zero attached hydrogens (tertiary/aromatic N) is 2. The van der Waals surface area contributed by atoms with E-state index in [0.717, 1.165) is 12.5 Å². The van der Waals surface area contributed by atoms with E-state index in [1.54, 1.807) is 31.2 Å². The summed E-state index contributed by atoms with van der Waals surface area (Å²) in [4.78, 5) is 14.3. The number of ether oxygens (including phenoxy) is 2. The van der Waals surface area contributed by atoms with Crippen LogP contribution in [-0.4, -0.2) is 56.8 Å². The van der Waals surface area contributed by atoms with Gasteiger partial charge in [-0.2, -0.15) is 17.5 Å². The number of amides is 1. The summed E-state index contributed by atoms with van der Waals surface area (Å²) in [6.45, 7) is 5.27. The molecule has 0 bridgehead atoms. The first-order chi connectivity index (χ1) is 16.4. The molecule has 0 aromatic heterocycles. The zero-order valence-corrected chi connectivity index (χ0v) is 20.6. The molecule has 1 fully saturated rings. The van der Waals surface area contributed by atoms with Gasteiger partial charge in [-0.25, -0.2) is 13.2 Å². The van der Waals surface area contributed by atoms with Crippen molar-refractivity contribution in [2.45, 2.75) is 56.9 Å². The number of hydrogen-bond donors (Lipinski definition) is 0. The highest BCUT2D eigenvalue weighted by Gasteiger charge is 2.38. The lowest BCUT2D eigenvalue weighted by molar-refractivity contribution is -0.189. The Balaban J connectivity index is 1.57. The molecule has 1 amide bonds. The van der Waals surface area contributed by atoms with Gasteiger partial charge in [0.05, 0.1) is 4.90 Å². The van der Waals surface area contributed by atoms with Crippen LogP contribution in [0.5, 0.6) is 5.75 Å². The highest BCUT2D eigenvalue weighted by atomic mass is 32.2. The fraction of sp³-hybridized carbons (Fsp3) is 0.458. The Bertz CT molecular complexity index is 1100. The SMILES string of the molecule is CCN(C(=O)OC1CCN(S(=O)(=O)c2ccc(C)cc2)CC1)c1ccc(OC(C)C(F)(F)F)cc1. The molecule has 0 N–H and O–H groups in total. The molecule has 0 radical (unpaired) electrons. The zero-order valence-electron chi connectivity index (χ0n) is 19.8. The molecule has 0 spiro atoms. The Morgan fingerprint density at radius 3 is 2.17 bits per heavy atom. The van der Waals surface area contributed by atoms with Crippen molar-refractivity contribution in [1.82, 2.24) is 4.31 Å². The van der Waals surface area contributed by atoms with Crippen LogP contribution in [0.15, 0.2) is 53.4 Å². The molecule has 11 heteroatoms. The summed E-state index contributed by atoms with van der Waals surface area (Å²) in [5.74, 6) is 0.0325. The number of benzene rings is 2. The van der Waals surface area contributed by atoms with Crippen LogP contribution < -0.4 is 9.64 Å². The number of hydrogen-bond acceptors (Lipinski definition) is 5. The Kier molecular flexibility index (Phi) is 8.32. The van der Waals surface area contributed by atoms with Gasteiger partial charge in [0, 0.05) is 25.3 Å². The molecule has 35 heavy (non-hydrogen) atoms. The minimum absolute atomic E-state index is 0.0325. The number of carbonyl (C=O) groups is 1. The van der Waals surface area contributed by atoms with Gasteiger partial charge in [0.15, 0.2) is 6.10 Å². The number of piperidine rings is 1. The summed E-state index contributed by atoms with van der Waals surface area (Å²) >= 11 is 0. The van der Waals surface area contributed by atoms with Crippen LogP contribution in [0.1, 0.15) is 32.3 Å². The predicted octanol–water partition coefficient (Wildman–Crippen LogP) is 5.14. The van der Waals surface area contributed by atoms with E-state index >= 15 is 0 Å². The van der Waals surface area contributed by atoms with Crippen molar-refractivity contribution in [3.63, 3.8) is 0 Å². The Labute approximate surface area is 203 Å². The monoisotopic (exact) mass is 514 g/mol. The largest absolute Gasteiger partial charge is 0.481 e. The van der Waals surface area contributed by atoms with Gasteiger partial charge in [-0.15, -0.1) is 0 Å². The summed E-state index contributed by atoms with van der Waals surface area (Å²) in [5, 5.41) is 0. The molecule has 7 nitrogen and oxygen atoms in total. The van der Waals surface area contributed by atoms with Gasteiger partial charge in [0.1, 0.15) is 11.9 Å². The third-order valence-corrected chi connectivity index (χ3v) is 7.70. The van der Waals surface area contributed by atoms with Crippen molar-refractivity contribution >= 4 is 21.8 Å². The van der Waals surface area contributed by atoms with Crippen LogP contribution in [0, 0.1) is 6.92 Å². The molecule has 1 heterocycles. The van der Waals surface area contributed by atoms with E-state index in [4.69, 9.17) is 9.47 Å². The fourth-order valence-electron chi connectivity index (χ4n) is 3.65. The quantitative estimate of drug-likeness (QED) is 0.511. The smallest absolute Gasteiger partial charge is 0.425 e. The standard InChI is InChI=1S/C24H29F3N2O5S/c1-4-29(19-7-9-20(10-8-19)33-18(3)24(25,26)27)23(30)34-21-13-15-28(16-14-21)35(31,32)22-11-5-17(2)6-12-22/h5-12,18,21H,4,13-16H2,1-3H3. The number of anilines is 1. The lowest BCUT2D eigenvalue weighted by Gasteiger charge is -2.32. The molecular weight excluding hydrogens is 485 g/mol. The maximum absolute atomic E-state index is 12.9. The maximum Gasteiger partial charge on any atom is 0.425 e. The first kappa shape index (κ1) is 26.8. The van der Waals surface area contributed by atoms with Gasteiger partial charge in [-0.3, -0.25) is 4.90 Å². The first-order valence-corrected chi connectivity index (χ1v) is 12.7. The maximum atomic E-state index is 12.9. The van der Waals surface area contributed by atoms with Gasteiger partial charge in [0.25, 0.3) is 0 Å². The van der Waals surface area contributed by atoms with E-state index in [-0.39, 0.29) is 30.3 Å². The van der Waals surface area contributed by atoms with Crippen molar-refractivity contribution < 1.29 is 35.9 Å². The van der Waals surface area contributed by atoms with Crippen molar-refractivity contribution in [1.29, 1.82) is 0 Å². The number of rotatable bonds is 7. The summed E-state index contributed by atoms with van der Waals surface area (Å²) in [5.41, 5.74) is 1.41. The average Bonchev–Trinajstić information content (AvgIpc) is 2.80. The van der Waals surface area contributed by atoms with Crippen LogP contribution in [0.3, 0.4) is 0 Å². The lowest BCUT2D eigenvalue weighted by atomic mass is 10.1. The van der Waals surface area contributed by atoms with Crippen molar-refractivity contribution in [3.8, 4) is 5.75 Å². The Morgan fingerprint density at radius 2 is 1.66 bits per heavy atom. The second-order valence-corrected chi connectivity index (χ2v) is 10.3. The summed E-state index contributed by atoms with van der Waals surface area (Å²) < 4.78 is 75.6. The molecule has 0 saturated carbocycles. The molecule has 1 saturated heterocycles. The molecular formula is C24H29F3N2O5S. The number of carbonyl (C=O) groups excluding carboxylic acids is 1. The summed E-state index contributed by atoms with van der Waals surface area (Å²) in [6.07, 6.45) is -6.78. The van der Waals surface area contributed by atoms with E-state index < -0.39 is 34.5 Å². The molecule has 3 rings (SSSR count). The second kappa shape index (κ2) is 10.9. The fourth-order valence-corrected chi connectivity index (χ4v) is 5.12. The third-order valence-electron chi connectivity index (χ3n) is 5.79. The number of aryl methyl sites for hydroxylation is 1. The number of alkyl halides is 3. The molecule has 0 aliphatic carbocycles. The second-order valence-electron chi connectivity index (χ2n) is 8.34. The van der Waals surface area contributed by atoms with Crippen molar-refractivity contribution in [2.24, 2.45) is 0 Å². The number of sulfonamides is 1. The lowest BCUT2D eigenvalue weighted by Crippen LogP contribution is -2.43. The Morgan fingerprint density at radius 1 is 1.09 bits per heavy atom. The van der Waals surface area contributed by atoms with E-state index in [1.807, 2.05) is 6.92 Å². The highest BCUT2D eigenvalue weighted by molar-refractivity contribution is 7.89. The van der Waals surface area contributed by atoms with Crippen molar-refractivity contribution in [3.05, 3.63) is 54.1 Å². The molecule has 2 aromatic rings. The van der Waals surface area contributed by atoms with Gasteiger partial charge >= 0.3 is 12.3 Å². The van der Waals surface area contributed by atoms with Gasteiger partial charge in [-0.05, 0) is 70.0 Å². The van der Waals surface area contributed by atoms with Gasteiger partial charge < -0.3 is 9.47 Å². The summed E-state index contributed by atoms with van der Waals surface area (Å²) in [7, 11) is -3.62. The zero-order chi connectivity index (χ0) is 25.8. The summed E-state index contributed by atoms with van der Waals surface area (Å²) in [6, 6.07) is 12.3. The third kappa shape index (κ3) is 6.66. The van der Waals surface area contributed by atoms with Crippen molar-refractivity contribution in [2.75, 3.05) is 24.5 Å². The van der Waals surface area contributed by atoms with Crippen LogP contribution in [-0.2, 0) is 14.8 Å². The highest BCUT2D eigenvalue weighted by Crippen LogP contribution is 2.28. The van der Waals surface area contributed by atoms with E-state index in [1.165, 1.54) is 33.5 Å². The molecule has 1 unspecified atom stereocenters. The van der Waals surface area contributed by atoms with E-state index in [2.05, 4.69) is 0 Å². The molecule has 1 aliphatic rings. The van der Waals surface area contributed by atoms with Crippen LogP contribution in [0.4, 0.5) is 23.7 Å². The van der Waals surface area contributed by atoms with Gasteiger partial charge in [-0.1, -0.05) is 17.7 Å². The van der Waals surface area contributed by atoms with Crippen LogP contribution in [0.2, 0.25) is 0 Å². The first-order valence-electron chi connectivity index (χ1n) is 11.3. The van der Waals surface area contributed by atoms with E-state index in [0.29, 0.717) is 18.5 Å². The Hall–Kier alpha value is -2.79. The van der Waals surface area contributed by atoms with E-state index in [9.17, 15) is 26.4 Å². The van der Waals surface area contributed by atoms with Crippen LogP contribution in [0.25, 0.3) is 0 Å². The minimum Gasteiger partial charge on any atom is -0.481 e.